The van der Waals surface area contributed by atoms with Gasteiger partial charge in [-0.15, -0.1) is 0 Å². The molecule has 0 saturated carbocycles. The quantitative estimate of drug-likeness (QED) is 0.732. The van der Waals surface area contributed by atoms with E-state index in [1.165, 1.54) is 11.6 Å². The molecule has 1 amide bonds. The number of aromatic nitrogens is 2. The molecule has 1 aliphatic rings. The summed E-state index contributed by atoms with van der Waals surface area (Å²) >= 11 is 3.33. The van der Waals surface area contributed by atoms with Crippen molar-refractivity contribution in [1.82, 2.24) is 14.8 Å². The zero-order valence-electron chi connectivity index (χ0n) is 13.7. The van der Waals surface area contributed by atoms with Crippen LogP contribution in [0.1, 0.15) is 24.7 Å². The Morgan fingerprint density at radius 1 is 1.36 bits per heavy atom. The maximum atomic E-state index is 13.2. The number of aryl methyl sites for hydroxylation is 1. The largest absolute Gasteiger partial charge is 0.364 e. The Kier molecular flexibility index (Phi) is 5.57. The van der Waals surface area contributed by atoms with Crippen molar-refractivity contribution in [3.8, 4) is 0 Å². The van der Waals surface area contributed by atoms with Crippen molar-refractivity contribution < 1.29 is 27.5 Å². The standard InChI is InChI=1S/C14H17BrF4N4O2/c1-6(5-22-8(3)10(15)7(2)20-22)12(24)23-14(25,13(18)19)4-9(21-23)11(16)17/h6,11,13,25H,4-5H2,1-3H3/t6-,14+/m0/s1. The van der Waals surface area contributed by atoms with Crippen LogP contribution in [0.4, 0.5) is 17.6 Å². The first-order valence-corrected chi connectivity index (χ1v) is 8.18. The number of rotatable bonds is 5. The van der Waals surface area contributed by atoms with Gasteiger partial charge in [0.25, 0.3) is 12.9 Å². The van der Waals surface area contributed by atoms with Gasteiger partial charge in [-0.25, -0.2) is 17.6 Å². The lowest BCUT2D eigenvalue weighted by Gasteiger charge is -2.31. The molecule has 0 bridgehead atoms. The molecule has 25 heavy (non-hydrogen) atoms. The molecular weight excluding hydrogens is 412 g/mol. The van der Waals surface area contributed by atoms with Gasteiger partial charge in [0, 0.05) is 12.1 Å². The summed E-state index contributed by atoms with van der Waals surface area (Å²) in [7, 11) is 0. The number of hydrazone groups is 1. The molecule has 1 N–H and O–H groups in total. The highest BCUT2D eigenvalue weighted by atomic mass is 79.9. The van der Waals surface area contributed by atoms with Crippen LogP contribution in [0.2, 0.25) is 0 Å². The number of nitrogens with zero attached hydrogens (tertiary/aromatic N) is 4. The van der Waals surface area contributed by atoms with Gasteiger partial charge in [-0.2, -0.15) is 15.2 Å². The number of carbonyl (C=O) groups is 1. The highest BCUT2D eigenvalue weighted by Crippen LogP contribution is 2.34. The Hall–Kier alpha value is -1.49. The summed E-state index contributed by atoms with van der Waals surface area (Å²) in [5, 5.41) is 17.6. The van der Waals surface area contributed by atoms with E-state index in [4.69, 9.17) is 0 Å². The average Bonchev–Trinajstić information content (AvgIpc) is 3.01. The van der Waals surface area contributed by atoms with Crippen LogP contribution in [0.3, 0.4) is 0 Å². The Balaban J connectivity index is 2.25. The zero-order valence-corrected chi connectivity index (χ0v) is 15.3. The van der Waals surface area contributed by atoms with E-state index in [0.717, 1.165) is 10.2 Å². The topological polar surface area (TPSA) is 70.7 Å². The lowest BCUT2D eigenvalue weighted by atomic mass is 10.1. The van der Waals surface area contributed by atoms with Crippen LogP contribution in [0.5, 0.6) is 0 Å². The second-order valence-electron chi connectivity index (χ2n) is 5.97. The first kappa shape index (κ1) is 19.8. The van der Waals surface area contributed by atoms with Crippen LogP contribution in [-0.2, 0) is 11.3 Å². The van der Waals surface area contributed by atoms with Crippen molar-refractivity contribution in [3.63, 3.8) is 0 Å². The van der Waals surface area contributed by atoms with Gasteiger partial charge in [0.1, 0.15) is 5.71 Å². The van der Waals surface area contributed by atoms with E-state index < -0.39 is 42.5 Å². The van der Waals surface area contributed by atoms with Gasteiger partial charge in [-0.1, -0.05) is 6.92 Å². The minimum Gasteiger partial charge on any atom is -0.364 e. The number of hydrogen-bond donors (Lipinski definition) is 1. The van der Waals surface area contributed by atoms with Crippen molar-refractivity contribution in [3.05, 3.63) is 15.9 Å². The molecule has 2 heterocycles. The fourth-order valence-electron chi connectivity index (χ4n) is 2.52. The molecule has 2 atom stereocenters. The molecule has 140 valence electrons. The summed E-state index contributed by atoms with van der Waals surface area (Å²) in [6, 6.07) is 0. The predicted molar refractivity (Wildman–Crippen MR) is 84.4 cm³/mol. The third-order valence-electron chi connectivity index (χ3n) is 4.01. The number of carbonyl (C=O) groups excluding carboxylic acids is 1. The fraction of sp³-hybridized carbons (Fsp3) is 0.643. The SMILES string of the molecule is Cc1nn(C[C@H](C)C(=O)N2N=C(C(F)F)C[C@@]2(O)C(F)F)c(C)c1Br. The van der Waals surface area contributed by atoms with Crippen LogP contribution in [0, 0.1) is 19.8 Å². The first-order chi connectivity index (χ1) is 11.5. The number of hydrogen-bond acceptors (Lipinski definition) is 4. The molecular formula is C14H17BrF4N4O2. The van der Waals surface area contributed by atoms with Crippen molar-refractivity contribution in [2.75, 3.05) is 0 Å². The lowest BCUT2D eigenvalue weighted by Crippen LogP contribution is -2.53. The lowest BCUT2D eigenvalue weighted by molar-refractivity contribution is -0.195. The zero-order chi connectivity index (χ0) is 19.1. The number of halogens is 5. The molecule has 0 unspecified atom stereocenters. The first-order valence-electron chi connectivity index (χ1n) is 7.38. The summed E-state index contributed by atoms with van der Waals surface area (Å²) in [5.41, 5.74) is -2.61. The summed E-state index contributed by atoms with van der Waals surface area (Å²) in [5.74, 6) is -1.90. The van der Waals surface area contributed by atoms with Crippen molar-refractivity contribution in [2.45, 2.75) is 52.3 Å². The van der Waals surface area contributed by atoms with Crippen molar-refractivity contribution in [1.29, 1.82) is 0 Å². The van der Waals surface area contributed by atoms with Gasteiger partial charge in [0.05, 0.1) is 22.6 Å². The van der Waals surface area contributed by atoms with Gasteiger partial charge in [0.15, 0.2) is 0 Å². The Morgan fingerprint density at radius 2 is 1.96 bits per heavy atom. The van der Waals surface area contributed by atoms with E-state index in [-0.39, 0.29) is 11.6 Å². The second-order valence-corrected chi connectivity index (χ2v) is 6.76. The minimum absolute atomic E-state index is 0.0203. The van der Waals surface area contributed by atoms with Gasteiger partial charge >= 0.3 is 0 Å². The number of amides is 1. The molecule has 0 fully saturated rings. The third-order valence-corrected chi connectivity index (χ3v) is 5.16. The molecule has 0 aliphatic carbocycles. The number of alkyl halides is 4. The summed E-state index contributed by atoms with van der Waals surface area (Å²) in [6.45, 7) is 4.94. The summed E-state index contributed by atoms with van der Waals surface area (Å²) in [6.07, 6.45) is -7.66. The highest BCUT2D eigenvalue weighted by molar-refractivity contribution is 9.10. The molecule has 0 radical (unpaired) electrons. The van der Waals surface area contributed by atoms with Crippen molar-refractivity contribution in [2.24, 2.45) is 11.0 Å². The van der Waals surface area contributed by atoms with Crippen LogP contribution in [-0.4, -0.2) is 50.1 Å². The molecule has 0 saturated heterocycles. The number of aliphatic hydroxyl groups is 1. The third kappa shape index (κ3) is 3.57. The van der Waals surface area contributed by atoms with Crippen LogP contribution in [0.15, 0.2) is 9.57 Å². The predicted octanol–water partition coefficient (Wildman–Crippen LogP) is 2.71. The van der Waals surface area contributed by atoms with E-state index in [1.807, 2.05) is 0 Å². The van der Waals surface area contributed by atoms with E-state index in [2.05, 4.69) is 26.1 Å². The molecule has 1 aromatic rings. The van der Waals surface area contributed by atoms with E-state index in [0.29, 0.717) is 5.69 Å². The normalized spacial score (nSPS) is 22.0. The van der Waals surface area contributed by atoms with E-state index >= 15 is 0 Å². The Labute approximate surface area is 149 Å². The van der Waals surface area contributed by atoms with Gasteiger partial charge in [-0.05, 0) is 29.8 Å². The minimum atomic E-state index is -3.44. The molecule has 0 spiro atoms. The molecule has 11 heteroatoms. The van der Waals surface area contributed by atoms with Crippen LogP contribution >= 0.6 is 15.9 Å². The second kappa shape index (κ2) is 7.02. The smallest absolute Gasteiger partial charge is 0.287 e. The summed E-state index contributed by atoms with van der Waals surface area (Å²) in [4.78, 5) is 12.5. The highest BCUT2D eigenvalue weighted by Gasteiger charge is 2.53. The maximum absolute atomic E-state index is 13.2. The maximum Gasteiger partial charge on any atom is 0.287 e. The van der Waals surface area contributed by atoms with Crippen LogP contribution in [0.25, 0.3) is 0 Å². The molecule has 2 rings (SSSR count). The van der Waals surface area contributed by atoms with Gasteiger partial charge < -0.3 is 5.11 Å². The van der Waals surface area contributed by atoms with Gasteiger partial charge in [0.2, 0.25) is 11.6 Å². The molecule has 0 aromatic carbocycles. The summed E-state index contributed by atoms with van der Waals surface area (Å²) < 4.78 is 54.2. The Bertz CT molecular complexity index is 709. The molecule has 6 nitrogen and oxygen atoms in total. The monoisotopic (exact) mass is 428 g/mol. The molecule has 1 aromatic heterocycles. The Morgan fingerprint density at radius 3 is 2.40 bits per heavy atom. The molecule has 1 aliphatic heterocycles. The fourth-order valence-corrected chi connectivity index (χ4v) is 2.81. The van der Waals surface area contributed by atoms with Crippen LogP contribution < -0.4 is 0 Å². The van der Waals surface area contributed by atoms with E-state index in [1.54, 1.807) is 13.8 Å². The van der Waals surface area contributed by atoms with Gasteiger partial charge in [-0.3, -0.25) is 9.48 Å². The van der Waals surface area contributed by atoms with E-state index in [9.17, 15) is 27.5 Å². The van der Waals surface area contributed by atoms with Crippen molar-refractivity contribution >= 4 is 27.5 Å². The average molecular weight is 429 g/mol.